The Hall–Kier alpha value is -2.06. The molecular formula is C16H18Br2N4O2. The third-order valence-corrected chi connectivity index (χ3v) is 3.07. The summed E-state index contributed by atoms with van der Waals surface area (Å²) in [5, 5.41) is 23.1. The molecule has 0 aliphatic heterocycles. The van der Waals surface area contributed by atoms with Crippen LogP contribution in [0.1, 0.15) is 11.3 Å². The molecule has 0 aliphatic carbocycles. The molecule has 0 unspecified atom stereocenters. The standard InChI is InChI=1S/C16H16N4O2.2BrH/c21-17-13-15-6-11-19(12-7-15)8-3-4-10-20-9-2-1-5-16(20)14-18-22;;/h1-7,9,11-14H,8,10H2;2*1H/b4-3+;;. The van der Waals surface area contributed by atoms with Crippen LogP contribution >= 0.6 is 0 Å². The van der Waals surface area contributed by atoms with E-state index in [1.165, 1.54) is 12.4 Å². The zero-order valence-corrected chi connectivity index (χ0v) is 16.0. The highest BCUT2D eigenvalue weighted by Crippen LogP contribution is 1.91. The van der Waals surface area contributed by atoms with E-state index in [1.54, 1.807) is 0 Å². The Kier molecular flexibility index (Phi) is 11.3. The Morgan fingerprint density at radius 1 is 0.833 bits per heavy atom. The first-order valence-electron chi connectivity index (χ1n) is 6.81. The van der Waals surface area contributed by atoms with Crippen LogP contribution in [0.15, 0.2) is 71.4 Å². The third-order valence-electron chi connectivity index (χ3n) is 3.07. The molecule has 2 heterocycles. The van der Waals surface area contributed by atoms with E-state index in [1.807, 2.05) is 64.1 Å². The summed E-state index contributed by atoms with van der Waals surface area (Å²) in [5.41, 5.74) is 1.67. The van der Waals surface area contributed by atoms with Crippen LogP contribution in [0, 0.1) is 0 Å². The van der Waals surface area contributed by atoms with E-state index in [0.717, 1.165) is 17.8 Å². The fourth-order valence-corrected chi connectivity index (χ4v) is 1.96. The van der Waals surface area contributed by atoms with Crippen molar-refractivity contribution in [3.05, 3.63) is 72.3 Å². The minimum Gasteiger partial charge on any atom is -1.00 e. The summed E-state index contributed by atoms with van der Waals surface area (Å²) in [7, 11) is 0. The first-order chi connectivity index (χ1) is 10.8. The molecule has 0 saturated carbocycles. The second-order valence-corrected chi connectivity index (χ2v) is 4.57. The van der Waals surface area contributed by atoms with Crippen LogP contribution in [0.4, 0.5) is 0 Å². The van der Waals surface area contributed by atoms with E-state index in [0.29, 0.717) is 6.54 Å². The van der Waals surface area contributed by atoms with Gasteiger partial charge in [0.05, 0.1) is 6.21 Å². The average Bonchev–Trinajstić information content (AvgIpc) is 2.55. The fraction of sp³-hybridized carbons (Fsp3) is 0.125. The van der Waals surface area contributed by atoms with Gasteiger partial charge in [0.1, 0.15) is 6.21 Å². The summed E-state index contributed by atoms with van der Waals surface area (Å²) in [6, 6.07) is 9.44. The predicted molar refractivity (Wildman–Crippen MR) is 81.2 cm³/mol. The summed E-state index contributed by atoms with van der Waals surface area (Å²) in [4.78, 5) is 0. The topological polar surface area (TPSA) is 72.9 Å². The van der Waals surface area contributed by atoms with Crippen molar-refractivity contribution in [1.82, 2.24) is 0 Å². The molecule has 0 bridgehead atoms. The van der Waals surface area contributed by atoms with Crippen LogP contribution in [-0.2, 0) is 13.1 Å². The van der Waals surface area contributed by atoms with Crippen molar-refractivity contribution in [3.8, 4) is 0 Å². The van der Waals surface area contributed by atoms with Crippen LogP contribution in [-0.4, -0.2) is 22.8 Å². The van der Waals surface area contributed by atoms with Crippen molar-refractivity contribution >= 4 is 12.4 Å². The van der Waals surface area contributed by atoms with Crippen LogP contribution in [0.3, 0.4) is 0 Å². The van der Waals surface area contributed by atoms with Gasteiger partial charge in [0.15, 0.2) is 31.7 Å². The highest BCUT2D eigenvalue weighted by Gasteiger charge is 2.04. The van der Waals surface area contributed by atoms with Gasteiger partial charge < -0.3 is 44.4 Å². The zero-order valence-electron chi connectivity index (χ0n) is 12.8. The molecule has 0 aliphatic rings. The maximum atomic E-state index is 8.63. The minimum absolute atomic E-state index is 0. The molecule has 128 valence electrons. The van der Waals surface area contributed by atoms with Gasteiger partial charge in [0.2, 0.25) is 5.69 Å². The molecule has 2 N–H and O–H groups in total. The molecule has 24 heavy (non-hydrogen) atoms. The van der Waals surface area contributed by atoms with Crippen molar-refractivity contribution < 1.29 is 53.5 Å². The quantitative estimate of drug-likeness (QED) is 0.150. The van der Waals surface area contributed by atoms with E-state index in [-0.39, 0.29) is 34.0 Å². The number of hydrogen-bond donors (Lipinski definition) is 2. The molecule has 0 aromatic carbocycles. The lowest BCUT2D eigenvalue weighted by molar-refractivity contribution is -0.691. The summed E-state index contributed by atoms with van der Waals surface area (Å²) < 4.78 is 3.98. The largest absolute Gasteiger partial charge is 1.00 e. The minimum atomic E-state index is 0. The average molecular weight is 458 g/mol. The zero-order chi connectivity index (χ0) is 15.6. The predicted octanol–water partition coefficient (Wildman–Crippen LogP) is -4.86. The Morgan fingerprint density at radius 2 is 1.50 bits per heavy atom. The second-order valence-electron chi connectivity index (χ2n) is 4.57. The Bertz CT molecular complexity index is 689. The molecule has 2 aromatic heterocycles. The molecule has 2 aromatic rings. The molecular weight excluding hydrogens is 440 g/mol. The molecule has 2 rings (SSSR count). The molecule has 0 amide bonds. The van der Waals surface area contributed by atoms with Gasteiger partial charge in [-0.15, -0.1) is 0 Å². The number of halogens is 2. The SMILES string of the molecule is O/N=C/c1cc[n+](C/C=C/C[n+]2ccccc2/C=N/O)cc1.[Br-].[Br-]. The fourth-order valence-electron chi connectivity index (χ4n) is 1.96. The van der Waals surface area contributed by atoms with Crippen molar-refractivity contribution in [2.45, 2.75) is 13.1 Å². The first kappa shape index (κ1) is 21.9. The van der Waals surface area contributed by atoms with Crippen molar-refractivity contribution in [2.75, 3.05) is 0 Å². The number of pyridine rings is 2. The van der Waals surface area contributed by atoms with Gasteiger partial charge in [-0.05, 0) is 18.2 Å². The number of hydrogen-bond acceptors (Lipinski definition) is 4. The first-order valence-corrected chi connectivity index (χ1v) is 6.81. The van der Waals surface area contributed by atoms with Gasteiger partial charge in [0, 0.05) is 29.8 Å². The van der Waals surface area contributed by atoms with Crippen LogP contribution < -0.4 is 43.1 Å². The Labute approximate surface area is 161 Å². The van der Waals surface area contributed by atoms with Gasteiger partial charge >= 0.3 is 0 Å². The van der Waals surface area contributed by atoms with Gasteiger partial charge in [0.25, 0.3) is 0 Å². The van der Waals surface area contributed by atoms with E-state index < -0.39 is 0 Å². The van der Waals surface area contributed by atoms with Gasteiger partial charge in [-0.1, -0.05) is 10.3 Å². The second kappa shape index (κ2) is 12.4. The number of allylic oxidation sites excluding steroid dienone is 2. The van der Waals surface area contributed by atoms with Crippen LogP contribution in [0.2, 0.25) is 0 Å². The number of aromatic nitrogens is 2. The highest BCUT2D eigenvalue weighted by atomic mass is 79.9. The molecule has 8 heteroatoms. The normalized spacial score (nSPS) is 10.8. The molecule has 0 atom stereocenters. The molecule has 0 radical (unpaired) electrons. The molecule has 0 saturated heterocycles. The number of oxime groups is 2. The number of rotatable bonds is 6. The molecule has 6 nitrogen and oxygen atoms in total. The van der Waals surface area contributed by atoms with Crippen LogP contribution in [0.25, 0.3) is 0 Å². The van der Waals surface area contributed by atoms with E-state index in [4.69, 9.17) is 10.4 Å². The lowest BCUT2D eigenvalue weighted by Gasteiger charge is -1.95. The Morgan fingerprint density at radius 3 is 2.17 bits per heavy atom. The van der Waals surface area contributed by atoms with Crippen molar-refractivity contribution in [1.29, 1.82) is 0 Å². The van der Waals surface area contributed by atoms with Gasteiger partial charge in [-0.3, -0.25) is 0 Å². The lowest BCUT2D eigenvalue weighted by atomic mass is 10.3. The molecule has 0 fully saturated rings. The van der Waals surface area contributed by atoms with Gasteiger partial charge in [-0.2, -0.15) is 4.57 Å². The highest BCUT2D eigenvalue weighted by molar-refractivity contribution is 5.78. The maximum absolute atomic E-state index is 8.63. The smallest absolute Gasteiger partial charge is 0.227 e. The van der Waals surface area contributed by atoms with E-state index in [2.05, 4.69) is 16.4 Å². The summed E-state index contributed by atoms with van der Waals surface area (Å²) in [5.74, 6) is 0. The van der Waals surface area contributed by atoms with Crippen LogP contribution in [0.5, 0.6) is 0 Å². The van der Waals surface area contributed by atoms with Crippen molar-refractivity contribution in [3.63, 3.8) is 0 Å². The number of nitrogens with zero attached hydrogens (tertiary/aromatic N) is 4. The maximum Gasteiger partial charge on any atom is 0.227 e. The van der Waals surface area contributed by atoms with Crippen molar-refractivity contribution in [2.24, 2.45) is 10.3 Å². The summed E-state index contributed by atoms with van der Waals surface area (Å²) >= 11 is 0. The third kappa shape index (κ3) is 7.01. The van der Waals surface area contributed by atoms with E-state index >= 15 is 0 Å². The lowest BCUT2D eigenvalue weighted by Crippen LogP contribution is -3.00. The molecule has 0 spiro atoms. The van der Waals surface area contributed by atoms with Gasteiger partial charge in [-0.25, -0.2) is 4.57 Å². The summed E-state index contributed by atoms with van der Waals surface area (Å²) in [6.07, 6.45) is 12.7. The van der Waals surface area contributed by atoms with E-state index in [9.17, 15) is 0 Å². The Balaban J connectivity index is 0.00000264. The monoisotopic (exact) mass is 456 g/mol. The summed E-state index contributed by atoms with van der Waals surface area (Å²) in [6.45, 7) is 1.44.